The van der Waals surface area contributed by atoms with Crippen molar-refractivity contribution in [1.29, 1.82) is 0 Å². The van der Waals surface area contributed by atoms with Gasteiger partial charge in [-0.25, -0.2) is 14.4 Å². The van der Waals surface area contributed by atoms with Crippen molar-refractivity contribution in [2.24, 2.45) is 0 Å². The van der Waals surface area contributed by atoms with Crippen LogP contribution in [0.2, 0.25) is 0 Å². The van der Waals surface area contributed by atoms with Crippen LogP contribution < -0.4 is 15.4 Å². The molecule has 3 rings (SSSR count). The van der Waals surface area contributed by atoms with Gasteiger partial charge < -0.3 is 20.3 Å². The molecule has 2 heterocycles. The number of nitrogens with zero attached hydrogens (tertiary/aromatic N) is 5. The number of likely N-dealkylation sites (N-methyl/N-ethyl adjacent to an activating group) is 1. The summed E-state index contributed by atoms with van der Waals surface area (Å²) < 4.78 is 19.8. The van der Waals surface area contributed by atoms with Crippen molar-refractivity contribution in [2.45, 2.75) is 13.5 Å². The zero-order chi connectivity index (χ0) is 24.5. The molecule has 3 amide bonds. The molecule has 0 aliphatic rings. The lowest BCUT2D eigenvalue weighted by Gasteiger charge is -2.17. The lowest BCUT2D eigenvalue weighted by Crippen LogP contribution is -2.34. The van der Waals surface area contributed by atoms with E-state index in [0.29, 0.717) is 18.8 Å². The van der Waals surface area contributed by atoms with Crippen LogP contribution in [0.3, 0.4) is 0 Å². The monoisotopic (exact) mass is 469 g/mol. The molecule has 0 aliphatic carbocycles. The predicted molar refractivity (Wildman–Crippen MR) is 119 cm³/mol. The van der Waals surface area contributed by atoms with Crippen molar-refractivity contribution < 1.29 is 23.5 Å². The molecule has 11 nitrogen and oxygen atoms in total. The second-order valence-corrected chi connectivity index (χ2v) is 7.36. The van der Waals surface area contributed by atoms with Crippen molar-refractivity contribution in [1.82, 2.24) is 30.0 Å². The van der Waals surface area contributed by atoms with Crippen molar-refractivity contribution in [3.63, 3.8) is 0 Å². The van der Waals surface area contributed by atoms with Crippen LogP contribution in [0.25, 0.3) is 0 Å². The molecule has 0 saturated carbocycles. The van der Waals surface area contributed by atoms with Crippen LogP contribution in [0.1, 0.15) is 16.2 Å². The number of aryl methyl sites for hydroxylation is 1. The molecular formula is C22H24FN7O4. The number of hydrogen-bond donors (Lipinski definition) is 2. The molecule has 0 aliphatic heterocycles. The molecule has 2 aromatic heterocycles. The Morgan fingerprint density at radius 1 is 1.12 bits per heavy atom. The van der Waals surface area contributed by atoms with Gasteiger partial charge in [0.1, 0.15) is 18.9 Å². The summed E-state index contributed by atoms with van der Waals surface area (Å²) in [6.07, 6.45) is 4.59. The summed E-state index contributed by atoms with van der Waals surface area (Å²) in [6.45, 7) is 2.37. The average Bonchev–Trinajstić information content (AvgIpc) is 3.25. The molecule has 178 valence electrons. The van der Waals surface area contributed by atoms with Gasteiger partial charge in [-0.05, 0) is 19.1 Å². The zero-order valence-corrected chi connectivity index (χ0v) is 18.7. The number of aromatic nitrogens is 4. The number of carbonyl (C=O) groups is 3. The Morgan fingerprint density at radius 2 is 1.82 bits per heavy atom. The Kier molecular flexibility index (Phi) is 8.21. The maximum absolute atomic E-state index is 12.8. The molecule has 0 spiro atoms. The first kappa shape index (κ1) is 24.3. The lowest BCUT2D eigenvalue weighted by molar-refractivity contribution is -0.131. The number of anilines is 1. The maximum Gasteiger partial charge on any atom is 0.289 e. The van der Waals surface area contributed by atoms with Gasteiger partial charge in [-0.3, -0.25) is 19.1 Å². The van der Waals surface area contributed by atoms with E-state index in [2.05, 4.69) is 25.7 Å². The summed E-state index contributed by atoms with van der Waals surface area (Å²) in [7, 11) is 1.67. The van der Waals surface area contributed by atoms with Crippen LogP contribution in [0.15, 0.2) is 49.1 Å². The van der Waals surface area contributed by atoms with Gasteiger partial charge in [0.25, 0.3) is 5.91 Å². The van der Waals surface area contributed by atoms with E-state index in [4.69, 9.17) is 4.74 Å². The molecule has 0 atom stereocenters. The fraction of sp³-hybridized carbons (Fsp3) is 0.273. The summed E-state index contributed by atoms with van der Waals surface area (Å²) >= 11 is 0. The van der Waals surface area contributed by atoms with Gasteiger partial charge in [0.15, 0.2) is 5.82 Å². The number of nitrogens with one attached hydrogen (secondary N) is 2. The number of carbonyl (C=O) groups excluding carboxylic acids is 3. The first-order chi connectivity index (χ1) is 16.3. The van der Waals surface area contributed by atoms with Crippen LogP contribution >= 0.6 is 0 Å². The smallest absolute Gasteiger partial charge is 0.289 e. The van der Waals surface area contributed by atoms with Gasteiger partial charge in [0.05, 0.1) is 37.4 Å². The number of rotatable bonds is 10. The van der Waals surface area contributed by atoms with Crippen molar-refractivity contribution in [3.8, 4) is 5.75 Å². The topological polar surface area (TPSA) is 131 Å². The minimum absolute atomic E-state index is 0.0183. The number of ether oxygens (including phenoxy) is 1. The van der Waals surface area contributed by atoms with Crippen molar-refractivity contribution >= 4 is 23.4 Å². The normalized spacial score (nSPS) is 10.4. The van der Waals surface area contributed by atoms with E-state index < -0.39 is 17.6 Å². The van der Waals surface area contributed by atoms with Gasteiger partial charge in [-0.15, -0.1) is 0 Å². The van der Waals surface area contributed by atoms with Crippen LogP contribution in [0, 0.1) is 12.7 Å². The summed E-state index contributed by atoms with van der Waals surface area (Å²) in [6, 6.07) is 7.65. The molecular weight excluding hydrogens is 445 g/mol. The number of amides is 3. The minimum Gasteiger partial charge on any atom is -0.492 e. The average molecular weight is 469 g/mol. The van der Waals surface area contributed by atoms with Gasteiger partial charge in [0, 0.05) is 13.2 Å². The van der Waals surface area contributed by atoms with Crippen LogP contribution in [0.4, 0.5) is 10.1 Å². The Hall–Kier alpha value is -4.35. The number of hydrogen-bond acceptors (Lipinski definition) is 7. The molecule has 2 N–H and O–H groups in total. The second-order valence-electron chi connectivity index (χ2n) is 7.36. The van der Waals surface area contributed by atoms with E-state index >= 15 is 0 Å². The standard InChI is InChI=1S/C22H24FN7O4/c1-15-3-5-18(6-4-15)34-8-7-29(2)20(32)14-30-13-17(11-27-30)28-19(31)12-26-22(33)21-24-9-16(23)10-25-21/h3-6,9-11,13H,7-8,12,14H2,1-2H3,(H,26,33)(H,28,31). The fourth-order valence-electron chi connectivity index (χ4n) is 2.71. The van der Waals surface area contributed by atoms with Crippen LogP contribution in [0.5, 0.6) is 5.75 Å². The van der Waals surface area contributed by atoms with Gasteiger partial charge in [-0.2, -0.15) is 5.10 Å². The Morgan fingerprint density at radius 3 is 2.53 bits per heavy atom. The minimum atomic E-state index is -0.717. The first-order valence-electron chi connectivity index (χ1n) is 10.3. The molecule has 0 saturated heterocycles. The molecule has 34 heavy (non-hydrogen) atoms. The highest BCUT2D eigenvalue weighted by Crippen LogP contribution is 2.11. The SMILES string of the molecule is Cc1ccc(OCCN(C)C(=O)Cn2cc(NC(=O)CNC(=O)c3ncc(F)cn3)cn2)cc1. The maximum atomic E-state index is 12.8. The predicted octanol–water partition coefficient (Wildman–Crippen LogP) is 1.03. The fourth-order valence-corrected chi connectivity index (χ4v) is 2.71. The molecule has 1 aromatic carbocycles. The van der Waals surface area contributed by atoms with E-state index in [0.717, 1.165) is 23.7 Å². The lowest BCUT2D eigenvalue weighted by atomic mass is 10.2. The zero-order valence-electron chi connectivity index (χ0n) is 18.7. The van der Waals surface area contributed by atoms with E-state index in [1.807, 2.05) is 31.2 Å². The number of benzene rings is 1. The highest BCUT2D eigenvalue weighted by Gasteiger charge is 2.13. The molecule has 0 radical (unpaired) electrons. The first-order valence-corrected chi connectivity index (χ1v) is 10.3. The number of halogens is 1. The molecule has 3 aromatic rings. The van der Waals surface area contributed by atoms with Crippen molar-refractivity contribution in [3.05, 3.63) is 66.3 Å². The summed E-state index contributed by atoms with van der Waals surface area (Å²) in [4.78, 5) is 44.9. The Labute approximate surface area is 194 Å². The summed E-state index contributed by atoms with van der Waals surface area (Å²) in [5, 5.41) is 8.94. The highest BCUT2D eigenvalue weighted by atomic mass is 19.1. The van der Waals surface area contributed by atoms with Crippen LogP contribution in [-0.4, -0.2) is 69.1 Å². The Bertz CT molecular complexity index is 1130. The van der Waals surface area contributed by atoms with E-state index in [-0.39, 0.29) is 24.8 Å². The van der Waals surface area contributed by atoms with Gasteiger partial charge in [-0.1, -0.05) is 17.7 Å². The van der Waals surface area contributed by atoms with Crippen LogP contribution in [-0.2, 0) is 16.1 Å². The van der Waals surface area contributed by atoms with E-state index in [1.165, 1.54) is 22.0 Å². The van der Waals surface area contributed by atoms with E-state index in [9.17, 15) is 18.8 Å². The van der Waals surface area contributed by atoms with Gasteiger partial charge >= 0.3 is 0 Å². The highest BCUT2D eigenvalue weighted by molar-refractivity contribution is 5.97. The molecule has 0 bridgehead atoms. The molecule has 0 unspecified atom stereocenters. The third kappa shape index (κ3) is 7.36. The third-order valence-electron chi connectivity index (χ3n) is 4.59. The van der Waals surface area contributed by atoms with Gasteiger partial charge in [0.2, 0.25) is 17.6 Å². The molecule has 12 heteroatoms. The quantitative estimate of drug-likeness (QED) is 0.453. The summed E-state index contributed by atoms with van der Waals surface area (Å²) in [5.41, 5.74) is 1.49. The molecule has 0 fully saturated rings. The Balaban J connectivity index is 1.39. The van der Waals surface area contributed by atoms with E-state index in [1.54, 1.807) is 7.05 Å². The van der Waals surface area contributed by atoms with Crippen molar-refractivity contribution in [2.75, 3.05) is 32.1 Å². The summed E-state index contributed by atoms with van der Waals surface area (Å²) in [5.74, 6) is -1.61. The largest absolute Gasteiger partial charge is 0.492 e. The second kappa shape index (κ2) is 11.5. The third-order valence-corrected chi connectivity index (χ3v) is 4.59.